The highest BCUT2D eigenvalue weighted by Crippen LogP contribution is 2.28. The monoisotopic (exact) mass is 278 g/mol. The van der Waals surface area contributed by atoms with Gasteiger partial charge in [-0.1, -0.05) is 0 Å². The molecule has 0 aromatic rings. The SMILES string of the molecule is CC(=O)OCC1OC(OC(C)=O)[C@H](OC(C)=O)C1F. The summed E-state index contributed by atoms with van der Waals surface area (Å²) in [5.41, 5.74) is 0. The normalized spacial score (nSPS) is 29.7. The molecule has 0 radical (unpaired) electrons. The van der Waals surface area contributed by atoms with Gasteiger partial charge in [-0.25, -0.2) is 4.39 Å². The first kappa shape index (κ1) is 15.4. The molecule has 0 N–H and O–H groups in total. The first-order valence-electron chi connectivity index (χ1n) is 5.58. The van der Waals surface area contributed by atoms with Crippen LogP contribution in [-0.2, 0) is 33.3 Å². The molecule has 0 aromatic carbocycles. The van der Waals surface area contributed by atoms with Crippen LogP contribution in [0.1, 0.15) is 20.8 Å². The zero-order chi connectivity index (χ0) is 14.6. The van der Waals surface area contributed by atoms with Crippen molar-refractivity contribution in [3.63, 3.8) is 0 Å². The molecule has 0 spiro atoms. The van der Waals surface area contributed by atoms with E-state index in [-0.39, 0.29) is 6.61 Å². The van der Waals surface area contributed by atoms with Crippen molar-refractivity contribution in [3.05, 3.63) is 0 Å². The molecule has 0 amide bonds. The van der Waals surface area contributed by atoms with Crippen molar-refractivity contribution in [3.8, 4) is 0 Å². The average Bonchev–Trinajstić information content (AvgIpc) is 2.53. The van der Waals surface area contributed by atoms with E-state index in [0.717, 1.165) is 20.8 Å². The third kappa shape index (κ3) is 4.47. The molecule has 1 aliphatic heterocycles. The minimum Gasteiger partial charge on any atom is -0.463 e. The van der Waals surface area contributed by atoms with Crippen molar-refractivity contribution < 1.29 is 37.7 Å². The van der Waals surface area contributed by atoms with Gasteiger partial charge >= 0.3 is 17.9 Å². The number of carbonyl (C=O) groups excluding carboxylic acids is 3. The average molecular weight is 278 g/mol. The number of alkyl halides is 1. The lowest BCUT2D eigenvalue weighted by molar-refractivity contribution is -0.196. The van der Waals surface area contributed by atoms with E-state index in [1.165, 1.54) is 0 Å². The highest BCUT2D eigenvalue weighted by atomic mass is 19.1. The second kappa shape index (κ2) is 6.46. The van der Waals surface area contributed by atoms with Crippen LogP contribution in [0, 0.1) is 0 Å². The molecular formula is C11H15FO7. The maximum atomic E-state index is 14.0. The molecule has 0 bridgehead atoms. The van der Waals surface area contributed by atoms with Crippen LogP contribution in [-0.4, -0.2) is 49.2 Å². The van der Waals surface area contributed by atoms with Crippen LogP contribution in [0.4, 0.5) is 4.39 Å². The fraction of sp³-hybridized carbons (Fsp3) is 0.727. The first-order valence-corrected chi connectivity index (χ1v) is 5.58. The highest BCUT2D eigenvalue weighted by Gasteiger charge is 2.49. The third-order valence-electron chi connectivity index (χ3n) is 2.28. The van der Waals surface area contributed by atoms with E-state index in [9.17, 15) is 18.8 Å². The summed E-state index contributed by atoms with van der Waals surface area (Å²) in [5, 5.41) is 0. The second-order valence-electron chi connectivity index (χ2n) is 3.97. The van der Waals surface area contributed by atoms with E-state index >= 15 is 0 Å². The molecule has 19 heavy (non-hydrogen) atoms. The number of halogens is 1. The summed E-state index contributed by atoms with van der Waals surface area (Å²) in [6.45, 7) is 3.01. The maximum absolute atomic E-state index is 14.0. The van der Waals surface area contributed by atoms with Gasteiger partial charge in [-0.3, -0.25) is 14.4 Å². The molecule has 1 saturated heterocycles. The molecule has 4 atom stereocenters. The van der Waals surface area contributed by atoms with Crippen LogP contribution < -0.4 is 0 Å². The predicted octanol–water partition coefficient (Wildman–Crippen LogP) is 0.107. The molecule has 8 heteroatoms. The van der Waals surface area contributed by atoms with E-state index < -0.39 is 42.6 Å². The molecule has 1 rings (SSSR count). The molecule has 1 heterocycles. The number of hydrogen-bond acceptors (Lipinski definition) is 7. The summed E-state index contributed by atoms with van der Waals surface area (Å²) in [6.07, 6.45) is -5.64. The molecule has 108 valence electrons. The molecule has 1 aliphatic rings. The van der Waals surface area contributed by atoms with Crippen LogP contribution in [0.5, 0.6) is 0 Å². The van der Waals surface area contributed by atoms with Gasteiger partial charge in [0.05, 0.1) is 0 Å². The Morgan fingerprint density at radius 3 is 2.11 bits per heavy atom. The van der Waals surface area contributed by atoms with Gasteiger partial charge < -0.3 is 18.9 Å². The summed E-state index contributed by atoms with van der Waals surface area (Å²) in [4.78, 5) is 32.4. The van der Waals surface area contributed by atoms with E-state index in [4.69, 9.17) is 14.2 Å². The van der Waals surface area contributed by atoms with Crippen molar-refractivity contribution in [1.29, 1.82) is 0 Å². The van der Waals surface area contributed by atoms with Gasteiger partial charge in [0.1, 0.15) is 12.7 Å². The van der Waals surface area contributed by atoms with Crippen molar-refractivity contribution >= 4 is 17.9 Å². The summed E-state index contributed by atoms with van der Waals surface area (Å²) >= 11 is 0. The van der Waals surface area contributed by atoms with Crippen molar-refractivity contribution in [2.45, 2.75) is 45.4 Å². The topological polar surface area (TPSA) is 88.1 Å². The first-order chi connectivity index (χ1) is 8.81. The Balaban J connectivity index is 2.70. The van der Waals surface area contributed by atoms with Gasteiger partial charge in [-0.05, 0) is 0 Å². The van der Waals surface area contributed by atoms with Crippen LogP contribution >= 0.6 is 0 Å². The van der Waals surface area contributed by atoms with Gasteiger partial charge in [0, 0.05) is 20.8 Å². The van der Waals surface area contributed by atoms with Crippen LogP contribution in [0.15, 0.2) is 0 Å². The Morgan fingerprint density at radius 2 is 1.63 bits per heavy atom. The Bertz CT molecular complexity index is 370. The molecule has 0 saturated carbocycles. The number of esters is 3. The lowest BCUT2D eigenvalue weighted by Crippen LogP contribution is -2.36. The third-order valence-corrected chi connectivity index (χ3v) is 2.28. The molecule has 1 fully saturated rings. The minimum atomic E-state index is -1.76. The Hall–Kier alpha value is -1.70. The zero-order valence-electron chi connectivity index (χ0n) is 10.8. The molecule has 0 aliphatic carbocycles. The minimum absolute atomic E-state index is 0.355. The Labute approximate surface area is 108 Å². The van der Waals surface area contributed by atoms with Crippen LogP contribution in [0.25, 0.3) is 0 Å². The largest absolute Gasteiger partial charge is 0.463 e. The van der Waals surface area contributed by atoms with E-state index in [2.05, 4.69) is 4.74 Å². The van der Waals surface area contributed by atoms with Crippen LogP contribution in [0.3, 0.4) is 0 Å². The number of ether oxygens (including phenoxy) is 4. The molecule has 0 aromatic heterocycles. The van der Waals surface area contributed by atoms with Gasteiger partial charge in [0.15, 0.2) is 12.3 Å². The second-order valence-corrected chi connectivity index (χ2v) is 3.97. The van der Waals surface area contributed by atoms with Crippen molar-refractivity contribution in [1.82, 2.24) is 0 Å². The number of hydrogen-bond donors (Lipinski definition) is 0. The summed E-state index contributed by atoms with van der Waals surface area (Å²) in [6, 6.07) is 0. The van der Waals surface area contributed by atoms with Gasteiger partial charge in [-0.2, -0.15) is 0 Å². The van der Waals surface area contributed by atoms with E-state index in [0.29, 0.717) is 0 Å². The Morgan fingerprint density at radius 1 is 1.05 bits per heavy atom. The van der Waals surface area contributed by atoms with Gasteiger partial charge in [0.25, 0.3) is 0 Å². The summed E-state index contributed by atoms with van der Waals surface area (Å²) in [7, 11) is 0. The number of carbonyl (C=O) groups is 3. The summed E-state index contributed by atoms with van der Waals surface area (Å²) < 4.78 is 33.1. The lowest BCUT2D eigenvalue weighted by Gasteiger charge is -2.18. The highest BCUT2D eigenvalue weighted by molar-refractivity contribution is 5.67. The zero-order valence-corrected chi connectivity index (χ0v) is 10.8. The molecular weight excluding hydrogens is 263 g/mol. The molecule has 3 unspecified atom stereocenters. The standard InChI is InChI=1S/C11H15FO7/c1-5(13)16-4-8-9(12)10(17-6(2)14)11(19-8)18-7(3)15/h8-11H,4H2,1-3H3/t8?,9?,10-,11?/m1/s1. The van der Waals surface area contributed by atoms with E-state index in [1.54, 1.807) is 0 Å². The maximum Gasteiger partial charge on any atom is 0.305 e. The number of rotatable bonds is 4. The molecule has 7 nitrogen and oxygen atoms in total. The van der Waals surface area contributed by atoms with Crippen molar-refractivity contribution in [2.24, 2.45) is 0 Å². The van der Waals surface area contributed by atoms with Crippen LogP contribution in [0.2, 0.25) is 0 Å². The van der Waals surface area contributed by atoms with E-state index in [1.807, 2.05) is 0 Å². The Kier molecular flexibility index (Phi) is 5.22. The fourth-order valence-electron chi connectivity index (χ4n) is 1.59. The quantitative estimate of drug-likeness (QED) is 0.532. The predicted molar refractivity (Wildman–Crippen MR) is 57.5 cm³/mol. The fourth-order valence-corrected chi connectivity index (χ4v) is 1.59. The lowest BCUT2D eigenvalue weighted by atomic mass is 10.2. The van der Waals surface area contributed by atoms with Gasteiger partial charge in [-0.15, -0.1) is 0 Å². The van der Waals surface area contributed by atoms with Gasteiger partial charge in [0.2, 0.25) is 6.29 Å². The smallest absolute Gasteiger partial charge is 0.305 e. The summed E-state index contributed by atoms with van der Waals surface area (Å²) in [5.74, 6) is -2.04. The van der Waals surface area contributed by atoms with Crippen molar-refractivity contribution in [2.75, 3.05) is 6.61 Å².